The second kappa shape index (κ2) is 10.7. The van der Waals surface area contributed by atoms with Gasteiger partial charge in [0.05, 0.1) is 11.1 Å². The molecule has 37 heavy (non-hydrogen) atoms. The van der Waals surface area contributed by atoms with Gasteiger partial charge in [0.15, 0.2) is 0 Å². The van der Waals surface area contributed by atoms with Crippen LogP contribution in [0.3, 0.4) is 0 Å². The van der Waals surface area contributed by atoms with Crippen LogP contribution < -0.4 is 11.1 Å². The first-order chi connectivity index (χ1) is 17.6. The van der Waals surface area contributed by atoms with Crippen molar-refractivity contribution in [1.29, 1.82) is 0 Å². The third kappa shape index (κ3) is 6.07. The Balaban J connectivity index is 1.62. The second-order valence-corrected chi connectivity index (χ2v) is 8.82. The zero-order valence-electron chi connectivity index (χ0n) is 19.0. The molecule has 2 amide bonds. The van der Waals surface area contributed by atoms with Crippen LogP contribution >= 0.6 is 11.3 Å². The topological polar surface area (TPSA) is 115 Å². The highest BCUT2D eigenvalue weighted by Gasteiger charge is 2.31. The molecular weight excluding hydrogens is 505 g/mol. The van der Waals surface area contributed by atoms with Crippen LogP contribution in [0, 0.1) is 0 Å². The normalized spacial score (nSPS) is 12.1. The van der Waals surface area contributed by atoms with Crippen molar-refractivity contribution in [1.82, 2.24) is 15.3 Å². The lowest BCUT2D eigenvalue weighted by molar-refractivity contribution is -0.137. The Labute approximate surface area is 213 Å². The van der Waals surface area contributed by atoms with Gasteiger partial charge in [0.25, 0.3) is 11.8 Å². The van der Waals surface area contributed by atoms with Crippen molar-refractivity contribution in [3.8, 4) is 22.0 Å². The fourth-order valence-electron chi connectivity index (χ4n) is 3.60. The number of alkyl halides is 3. The lowest BCUT2D eigenvalue weighted by Gasteiger charge is -2.17. The minimum absolute atomic E-state index is 0.0420. The van der Waals surface area contributed by atoms with Crippen LogP contribution in [0.5, 0.6) is 0 Å². The first-order valence-electron chi connectivity index (χ1n) is 10.9. The van der Waals surface area contributed by atoms with Crippen molar-refractivity contribution in [2.24, 2.45) is 5.73 Å². The molecule has 0 spiro atoms. The molecule has 2 aromatic carbocycles. The van der Waals surface area contributed by atoms with Crippen LogP contribution in [0.15, 0.2) is 78.3 Å². The third-order valence-corrected chi connectivity index (χ3v) is 6.27. The van der Waals surface area contributed by atoms with Gasteiger partial charge in [0.1, 0.15) is 22.4 Å². The van der Waals surface area contributed by atoms with Gasteiger partial charge in [-0.25, -0.2) is 4.98 Å². The molecule has 0 saturated carbocycles. The fourth-order valence-corrected chi connectivity index (χ4v) is 4.40. The number of ketones is 1. The molecule has 4 rings (SSSR count). The highest BCUT2D eigenvalue weighted by atomic mass is 32.1. The summed E-state index contributed by atoms with van der Waals surface area (Å²) in [5, 5.41) is 4.44. The Hall–Kier alpha value is -4.38. The van der Waals surface area contributed by atoms with Gasteiger partial charge in [-0.15, -0.1) is 11.3 Å². The van der Waals surface area contributed by atoms with E-state index in [0.29, 0.717) is 10.6 Å². The zero-order chi connectivity index (χ0) is 26.6. The van der Waals surface area contributed by atoms with Crippen LogP contribution in [0.25, 0.3) is 22.0 Å². The molecule has 0 aliphatic carbocycles. The average Bonchev–Trinajstić information content (AvgIpc) is 3.38. The van der Waals surface area contributed by atoms with E-state index in [9.17, 15) is 27.6 Å². The van der Waals surface area contributed by atoms with E-state index in [-0.39, 0.29) is 28.9 Å². The van der Waals surface area contributed by atoms with Gasteiger partial charge in [-0.2, -0.15) is 13.2 Å². The summed E-state index contributed by atoms with van der Waals surface area (Å²) in [5.41, 5.74) is 5.86. The number of halogens is 3. The van der Waals surface area contributed by atoms with Crippen LogP contribution in [-0.2, 0) is 22.2 Å². The van der Waals surface area contributed by atoms with E-state index in [2.05, 4.69) is 15.3 Å². The Morgan fingerprint density at radius 3 is 2.46 bits per heavy atom. The molecule has 0 aliphatic heterocycles. The van der Waals surface area contributed by atoms with Gasteiger partial charge in [-0.05, 0) is 29.8 Å². The lowest BCUT2D eigenvalue weighted by Crippen LogP contribution is -2.47. The first kappa shape index (κ1) is 25.7. The smallest absolute Gasteiger partial charge is 0.363 e. The van der Waals surface area contributed by atoms with Gasteiger partial charge >= 0.3 is 6.18 Å². The molecule has 1 unspecified atom stereocenters. The SMILES string of the molecule is NC(=O)C(=O)C(Cc1ccccc1)NC(=O)c1cccnc1-c1csc(-c2cccc(C(F)(F)F)c2)n1. The van der Waals surface area contributed by atoms with Crippen LogP contribution in [0.4, 0.5) is 13.2 Å². The number of pyridine rings is 1. The molecule has 2 aromatic heterocycles. The van der Waals surface area contributed by atoms with E-state index in [1.54, 1.807) is 35.7 Å². The third-order valence-electron chi connectivity index (χ3n) is 5.38. The summed E-state index contributed by atoms with van der Waals surface area (Å²) < 4.78 is 39.4. The van der Waals surface area contributed by atoms with Gasteiger partial charge in [-0.1, -0.05) is 42.5 Å². The van der Waals surface area contributed by atoms with Gasteiger partial charge in [-0.3, -0.25) is 19.4 Å². The van der Waals surface area contributed by atoms with Gasteiger partial charge in [0.2, 0.25) is 5.78 Å². The summed E-state index contributed by atoms with van der Waals surface area (Å²) in [6, 6.07) is 15.3. The number of primary amides is 1. The van der Waals surface area contributed by atoms with E-state index in [4.69, 9.17) is 5.73 Å². The van der Waals surface area contributed by atoms with E-state index < -0.39 is 35.4 Å². The Kier molecular flexibility index (Phi) is 7.44. The highest BCUT2D eigenvalue weighted by Crippen LogP contribution is 2.34. The monoisotopic (exact) mass is 524 g/mol. The number of carbonyl (C=O) groups excluding carboxylic acids is 3. The number of thiazole rings is 1. The second-order valence-electron chi connectivity index (χ2n) is 7.96. The largest absolute Gasteiger partial charge is 0.416 e. The summed E-state index contributed by atoms with van der Waals surface area (Å²) in [6.07, 6.45) is -3.02. The average molecular weight is 525 g/mol. The molecule has 0 aliphatic rings. The molecule has 2 heterocycles. The van der Waals surface area contributed by atoms with Crippen LogP contribution in [-0.4, -0.2) is 33.6 Å². The number of nitrogens with zero attached hydrogens (tertiary/aromatic N) is 2. The maximum atomic E-state index is 13.2. The van der Waals surface area contributed by atoms with E-state index in [1.807, 2.05) is 0 Å². The maximum Gasteiger partial charge on any atom is 0.416 e. The zero-order valence-corrected chi connectivity index (χ0v) is 19.8. The number of benzene rings is 2. The number of rotatable bonds is 8. The number of hydrogen-bond donors (Lipinski definition) is 2. The van der Waals surface area contributed by atoms with Crippen molar-refractivity contribution in [2.45, 2.75) is 18.6 Å². The van der Waals surface area contributed by atoms with Crippen molar-refractivity contribution >= 4 is 28.9 Å². The maximum absolute atomic E-state index is 13.2. The number of amides is 2. The molecule has 3 N–H and O–H groups in total. The Morgan fingerprint density at radius 2 is 1.76 bits per heavy atom. The minimum Gasteiger partial charge on any atom is -0.363 e. The predicted octanol–water partition coefficient (Wildman–Crippen LogP) is 4.29. The molecule has 0 radical (unpaired) electrons. The highest BCUT2D eigenvalue weighted by molar-refractivity contribution is 7.13. The number of nitrogens with two attached hydrogens (primary N) is 1. The molecule has 188 valence electrons. The van der Waals surface area contributed by atoms with E-state index in [1.165, 1.54) is 30.5 Å². The van der Waals surface area contributed by atoms with Crippen molar-refractivity contribution in [3.63, 3.8) is 0 Å². The molecule has 4 aromatic rings. The standard InChI is InChI=1S/C26H19F3N4O3S/c27-26(28,29)17-9-4-8-16(13-17)25-33-20(14-37-25)21-18(10-5-11-31-21)24(36)32-19(22(34)23(30)35)12-15-6-2-1-3-7-15/h1-11,13-14,19H,12H2,(H2,30,35)(H,32,36). The first-order valence-corrected chi connectivity index (χ1v) is 11.8. The fraction of sp³-hybridized carbons (Fsp3) is 0.115. The van der Waals surface area contributed by atoms with Crippen molar-refractivity contribution in [3.05, 3.63) is 95.0 Å². The molecule has 7 nitrogen and oxygen atoms in total. The predicted molar refractivity (Wildman–Crippen MR) is 131 cm³/mol. The summed E-state index contributed by atoms with van der Waals surface area (Å²) >= 11 is 1.10. The lowest BCUT2D eigenvalue weighted by atomic mass is 10.0. The molecule has 0 fully saturated rings. The Bertz CT molecular complexity index is 1450. The molecular formula is C26H19F3N4O3S. The van der Waals surface area contributed by atoms with E-state index >= 15 is 0 Å². The summed E-state index contributed by atoms with van der Waals surface area (Å²) in [5.74, 6) is -2.83. The number of hydrogen-bond acceptors (Lipinski definition) is 6. The molecule has 0 bridgehead atoms. The molecule has 1 atom stereocenters. The quantitative estimate of drug-likeness (QED) is 0.334. The minimum atomic E-state index is -4.50. The summed E-state index contributed by atoms with van der Waals surface area (Å²) in [4.78, 5) is 45.8. The number of aromatic nitrogens is 2. The van der Waals surface area contributed by atoms with E-state index in [0.717, 1.165) is 23.5 Å². The molecule has 11 heteroatoms. The number of nitrogens with one attached hydrogen (secondary N) is 1. The van der Waals surface area contributed by atoms with Gasteiger partial charge in [0, 0.05) is 23.6 Å². The van der Waals surface area contributed by atoms with Crippen molar-refractivity contribution < 1.29 is 27.6 Å². The van der Waals surface area contributed by atoms with Crippen LogP contribution in [0.1, 0.15) is 21.5 Å². The van der Waals surface area contributed by atoms with Gasteiger partial charge < -0.3 is 11.1 Å². The molecule has 0 saturated heterocycles. The Morgan fingerprint density at radius 1 is 1.00 bits per heavy atom. The summed E-state index contributed by atoms with van der Waals surface area (Å²) in [6.45, 7) is 0. The van der Waals surface area contributed by atoms with Crippen molar-refractivity contribution in [2.75, 3.05) is 0 Å². The number of Topliss-reactive ketones (excluding diaryl/α,β-unsaturated/α-hetero) is 1. The number of carbonyl (C=O) groups is 3. The summed E-state index contributed by atoms with van der Waals surface area (Å²) in [7, 11) is 0. The van der Waals surface area contributed by atoms with Crippen LogP contribution in [0.2, 0.25) is 0 Å².